The van der Waals surface area contributed by atoms with Crippen molar-refractivity contribution in [3.05, 3.63) is 70.0 Å². The molecule has 1 amide bonds. The van der Waals surface area contributed by atoms with Crippen LogP contribution < -0.4 is 0 Å². The minimum atomic E-state index is -4.89. The summed E-state index contributed by atoms with van der Waals surface area (Å²) in [6.07, 6.45) is -5.70. The minimum absolute atomic E-state index is 0.0210. The molecule has 2 aliphatic rings. The van der Waals surface area contributed by atoms with Gasteiger partial charge in [-0.1, -0.05) is 23.7 Å². The van der Waals surface area contributed by atoms with Crippen LogP contribution in [-0.4, -0.2) is 77.1 Å². The molecule has 0 saturated carbocycles. The van der Waals surface area contributed by atoms with Gasteiger partial charge in [-0.2, -0.15) is 13.2 Å². The SMILES string of the molecule is O=C(c1ccc(F)c(C(F)(F)F)c1)N1C[C@@H](O)[C@H](N2CCN(Cc3ccc(Cl)cc3)CC2)C1. The monoisotopic (exact) mass is 485 g/mol. The Kier molecular flexibility index (Phi) is 6.95. The Bertz CT molecular complexity index is 994. The fourth-order valence-corrected chi connectivity index (χ4v) is 4.58. The van der Waals surface area contributed by atoms with Crippen LogP contribution in [0, 0.1) is 5.82 Å². The number of nitrogens with zero attached hydrogens (tertiary/aromatic N) is 3. The van der Waals surface area contributed by atoms with Crippen molar-refractivity contribution in [3.8, 4) is 0 Å². The highest BCUT2D eigenvalue weighted by Gasteiger charge is 2.40. The molecule has 0 spiro atoms. The van der Waals surface area contributed by atoms with E-state index in [0.717, 1.165) is 31.3 Å². The number of amides is 1. The number of β-amino-alcohol motifs (C(OH)–C–C–N with tert-alkyl or cyclic N) is 1. The van der Waals surface area contributed by atoms with Gasteiger partial charge in [0.1, 0.15) is 5.82 Å². The Morgan fingerprint density at radius 1 is 1.03 bits per heavy atom. The third-order valence-corrected chi connectivity index (χ3v) is 6.51. The van der Waals surface area contributed by atoms with Gasteiger partial charge in [-0.3, -0.25) is 14.6 Å². The summed E-state index contributed by atoms with van der Waals surface area (Å²) in [6, 6.07) is 9.61. The first-order chi connectivity index (χ1) is 15.6. The van der Waals surface area contributed by atoms with E-state index >= 15 is 0 Å². The molecule has 0 radical (unpaired) electrons. The summed E-state index contributed by atoms with van der Waals surface area (Å²) >= 11 is 5.93. The molecule has 2 atom stereocenters. The Balaban J connectivity index is 1.35. The van der Waals surface area contributed by atoms with Crippen LogP contribution in [0.1, 0.15) is 21.5 Å². The van der Waals surface area contributed by atoms with Crippen molar-refractivity contribution >= 4 is 17.5 Å². The van der Waals surface area contributed by atoms with Crippen LogP contribution in [0.3, 0.4) is 0 Å². The number of hydrogen-bond donors (Lipinski definition) is 1. The Labute approximate surface area is 194 Å². The molecule has 2 aromatic rings. The largest absolute Gasteiger partial charge is 0.419 e. The molecule has 0 bridgehead atoms. The molecule has 2 fully saturated rings. The first-order valence-corrected chi connectivity index (χ1v) is 11.0. The maximum Gasteiger partial charge on any atom is 0.419 e. The van der Waals surface area contributed by atoms with E-state index in [9.17, 15) is 27.5 Å². The average molecular weight is 486 g/mol. The Morgan fingerprint density at radius 2 is 1.70 bits per heavy atom. The first-order valence-electron chi connectivity index (χ1n) is 10.7. The summed E-state index contributed by atoms with van der Waals surface area (Å²) in [5, 5.41) is 11.2. The van der Waals surface area contributed by atoms with Gasteiger partial charge in [0, 0.05) is 56.4 Å². The second kappa shape index (κ2) is 9.58. The number of hydrogen-bond acceptors (Lipinski definition) is 4. The predicted molar refractivity (Wildman–Crippen MR) is 115 cm³/mol. The maximum atomic E-state index is 13.6. The molecule has 1 N–H and O–H groups in total. The van der Waals surface area contributed by atoms with Gasteiger partial charge in [-0.15, -0.1) is 0 Å². The lowest BCUT2D eigenvalue weighted by Crippen LogP contribution is -2.53. The molecule has 178 valence electrons. The van der Waals surface area contributed by atoms with Gasteiger partial charge in [-0.05, 0) is 35.9 Å². The van der Waals surface area contributed by atoms with E-state index in [1.54, 1.807) is 0 Å². The minimum Gasteiger partial charge on any atom is -0.390 e. The van der Waals surface area contributed by atoms with E-state index in [-0.39, 0.29) is 24.7 Å². The van der Waals surface area contributed by atoms with Crippen LogP contribution in [0.2, 0.25) is 5.02 Å². The van der Waals surface area contributed by atoms with Crippen LogP contribution in [0.15, 0.2) is 42.5 Å². The summed E-state index contributed by atoms with van der Waals surface area (Å²) in [5.41, 5.74) is -0.561. The highest BCUT2D eigenvalue weighted by Crippen LogP contribution is 2.32. The van der Waals surface area contributed by atoms with Gasteiger partial charge < -0.3 is 10.0 Å². The Hall–Kier alpha value is -2.20. The lowest BCUT2D eigenvalue weighted by Gasteiger charge is -2.38. The third-order valence-electron chi connectivity index (χ3n) is 6.26. The number of carbonyl (C=O) groups excluding carboxylic acids is 1. The van der Waals surface area contributed by atoms with Crippen molar-refractivity contribution in [2.75, 3.05) is 39.3 Å². The summed E-state index contributed by atoms with van der Waals surface area (Å²) in [6.45, 7) is 3.98. The van der Waals surface area contributed by atoms with Crippen LogP contribution in [-0.2, 0) is 12.7 Å². The van der Waals surface area contributed by atoms with Gasteiger partial charge in [0.25, 0.3) is 5.91 Å². The van der Waals surface area contributed by atoms with Crippen LogP contribution in [0.5, 0.6) is 0 Å². The number of likely N-dealkylation sites (tertiary alicyclic amines) is 1. The van der Waals surface area contributed by atoms with Crippen LogP contribution in [0.4, 0.5) is 17.6 Å². The second-order valence-electron chi connectivity index (χ2n) is 8.48. The number of rotatable bonds is 4. The number of aliphatic hydroxyl groups excluding tert-OH is 1. The molecule has 0 unspecified atom stereocenters. The highest BCUT2D eigenvalue weighted by molar-refractivity contribution is 6.30. The lowest BCUT2D eigenvalue weighted by atomic mass is 10.1. The third kappa shape index (κ3) is 5.48. The van der Waals surface area contributed by atoms with Crippen molar-refractivity contribution in [1.82, 2.24) is 14.7 Å². The van der Waals surface area contributed by atoms with Gasteiger partial charge >= 0.3 is 6.18 Å². The summed E-state index contributed by atoms with van der Waals surface area (Å²) < 4.78 is 52.6. The van der Waals surface area contributed by atoms with E-state index in [4.69, 9.17) is 11.6 Å². The fourth-order valence-electron chi connectivity index (χ4n) is 4.45. The van der Waals surface area contributed by atoms with Crippen molar-refractivity contribution in [2.24, 2.45) is 0 Å². The summed E-state index contributed by atoms with van der Waals surface area (Å²) in [4.78, 5) is 18.5. The molecule has 0 aromatic heterocycles. The highest BCUT2D eigenvalue weighted by atomic mass is 35.5. The molecular weight excluding hydrogens is 462 g/mol. The first kappa shape index (κ1) is 23.9. The Morgan fingerprint density at radius 3 is 2.33 bits per heavy atom. The second-order valence-corrected chi connectivity index (χ2v) is 8.91. The molecule has 2 heterocycles. The number of alkyl halides is 3. The fraction of sp³-hybridized carbons (Fsp3) is 0.435. The predicted octanol–water partition coefficient (Wildman–Crippen LogP) is 3.50. The molecule has 2 saturated heterocycles. The van der Waals surface area contributed by atoms with Gasteiger partial charge in [0.05, 0.1) is 17.7 Å². The molecule has 5 nitrogen and oxygen atoms in total. The molecule has 4 rings (SSSR count). The smallest absolute Gasteiger partial charge is 0.390 e. The van der Waals surface area contributed by atoms with Crippen molar-refractivity contribution < 1.29 is 27.5 Å². The molecule has 10 heteroatoms. The van der Waals surface area contributed by atoms with Crippen molar-refractivity contribution in [1.29, 1.82) is 0 Å². The maximum absolute atomic E-state index is 13.6. The molecular formula is C23H24ClF4N3O2. The lowest BCUT2D eigenvalue weighted by molar-refractivity contribution is -0.140. The zero-order valence-electron chi connectivity index (χ0n) is 17.7. The van der Waals surface area contributed by atoms with Gasteiger partial charge in [0.15, 0.2) is 0 Å². The zero-order valence-corrected chi connectivity index (χ0v) is 18.5. The number of halogens is 5. The van der Waals surface area contributed by atoms with Crippen molar-refractivity contribution in [3.63, 3.8) is 0 Å². The average Bonchev–Trinajstić information content (AvgIpc) is 3.16. The molecule has 33 heavy (non-hydrogen) atoms. The zero-order chi connectivity index (χ0) is 23.8. The summed E-state index contributed by atoms with van der Waals surface area (Å²) in [7, 11) is 0. The van der Waals surface area contributed by atoms with E-state index in [1.807, 2.05) is 24.3 Å². The summed E-state index contributed by atoms with van der Waals surface area (Å²) in [5.74, 6) is -2.07. The molecule has 0 aliphatic carbocycles. The normalized spacial score (nSPS) is 22.7. The van der Waals surface area contributed by atoms with Gasteiger partial charge in [-0.25, -0.2) is 4.39 Å². The van der Waals surface area contributed by atoms with E-state index in [1.165, 1.54) is 4.90 Å². The number of aliphatic hydroxyl groups is 1. The van der Waals surface area contributed by atoms with E-state index in [2.05, 4.69) is 9.80 Å². The number of benzene rings is 2. The van der Waals surface area contributed by atoms with E-state index < -0.39 is 29.6 Å². The number of piperazine rings is 1. The van der Waals surface area contributed by atoms with Crippen LogP contribution >= 0.6 is 11.6 Å². The topological polar surface area (TPSA) is 47.0 Å². The molecule has 2 aromatic carbocycles. The van der Waals surface area contributed by atoms with Gasteiger partial charge in [0.2, 0.25) is 0 Å². The standard InChI is InChI=1S/C23H24ClF4N3O2/c24-17-4-1-15(2-5-17)12-29-7-9-30(10-8-29)20-13-31(14-21(20)32)22(33)16-3-6-19(25)18(11-16)23(26,27)28/h1-6,11,20-21,32H,7-10,12-14H2/t20-,21-/m1/s1. The quantitative estimate of drug-likeness (QED) is 0.673. The van der Waals surface area contributed by atoms with E-state index in [0.29, 0.717) is 30.2 Å². The molecule has 2 aliphatic heterocycles. The van der Waals surface area contributed by atoms with Crippen molar-refractivity contribution in [2.45, 2.75) is 24.9 Å². The van der Waals surface area contributed by atoms with Crippen LogP contribution in [0.25, 0.3) is 0 Å². The number of carbonyl (C=O) groups is 1.